The highest BCUT2D eigenvalue weighted by atomic mass is 35.5. The number of sulfonamides is 1. The maximum Gasteiger partial charge on any atom is 0.229 e. The summed E-state index contributed by atoms with van der Waals surface area (Å²) in [7, 11) is -0.446. The summed E-state index contributed by atoms with van der Waals surface area (Å²) < 4.78 is 40.0. The zero-order chi connectivity index (χ0) is 29.5. The van der Waals surface area contributed by atoms with Crippen molar-refractivity contribution < 1.29 is 17.9 Å². The van der Waals surface area contributed by atoms with Gasteiger partial charge in [0.05, 0.1) is 49.6 Å². The minimum atomic E-state index is -3.57. The Labute approximate surface area is 250 Å². The Morgan fingerprint density at radius 2 is 1.76 bits per heavy atom. The van der Waals surface area contributed by atoms with Gasteiger partial charge in [-0.2, -0.15) is 0 Å². The lowest BCUT2D eigenvalue weighted by Gasteiger charge is -2.29. The van der Waals surface area contributed by atoms with E-state index in [1.165, 1.54) is 7.11 Å². The van der Waals surface area contributed by atoms with Crippen molar-refractivity contribution in [3.05, 3.63) is 94.5 Å². The highest BCUT2D eigenvalue weighted by Gasteiger charge is 2.42. The van der Waals surface area contributed by atoms with E-state index in [0.717, 1.165) is 34.6 Å². The smallest absolute Gasteiger partial charge is 0.229 e. The standard InChI is InChI=1S/C29H30ClN5O4S2/c1-17-14-21(18(2)34(17)24-15-19(30)9-11-26(24)39-4)28-27(22-8-6-7-13-31-22)32-29(40)35(28)20-10-12-25(38-3)23(16-20)33-41(5,36)37/h6-16,27-28,33H,1-5H3,(H,32,40)/t27-,28-/m1/s1. The summed E-state index contributed by atoms with van der Waals surface area (Å²) in [4.78, 5) is 6.63. The summed E-state index contributed by atoms with van der Waals surface area (Å²) in [6, 6.07) is 18.1. The predicted molar refractivity (Wildman–Crippen MR) is 166 cm³/mol. The van der Waals surface area contributed by atoms with Crippen molar-refractivity contribution >= 4 is 50.3 Å². The van der Waals surface area contributed by atoms with E-state index in [-0.39, 0.29) is 12.1 Å². The van der Waals surface area contributed by atoms with Crippen LogP contribution >= 0.6 is 23.8 Å². The molecule has 0 radical (unpaired) electrons. The van der Waals surface area contributed by atoms with E-state index in [4.69, 9.17) is 33.3 Å². The van der Waals surface area contributed by atoms with Crippen LogP contribution in [0, 0.1) is 13.8 Å². The number of halogens is 1. The molecule has 2 atom stereocenters. The molecule has 1 fully saturated rings. The van der Waals surface area contributed by atoms with Gasteiger partial charge in [-0.15, -0.1) is 0 Å². The van der Waals surface area contributed by atoms with Crippen LogP contribution in [0.2, 0.25) is 5.02 Å². The Hall–Kier alpha value is -3.80. The van der Waals surface area contributed by atoms with Crippen molar-refractivity contribution in [2.75, 3.05) is 30.1 Å². The molecular weight excluding hydrogens is 582 g/mol. The van der Waals surface area contributed by atoms with Gasteiger partial charge >= 0.3 is 0 Å². The molecule has 1 aliphatic rings. The fourth-order valence-corrected chi connectivity index (χ4v) is 6.44. The van der Waals surface area contributed by atoms with Crippen LogP contribution in [-0.2, 0) is 10.0 Å². The summed E-state index contributed by atoms with van der Waals surface area (Å²) >= 11 is 12.3. The lowest BCUT2D eigenvalue weighted by Crippen LogP contribution is -2.29. The maximum absolute atomic E-state index is 12.1. The van der Waals surface area contributed by atoms with Gasteiger partial charge in [0.15, 0.2) is 5.11 Å². The number of hydrogen-bond donors (Lipinski definition) is 2. The molecule has 0 unspecified atom stereocenters. The second-order valence-corrected chi connectivity index (χ2v) is 12.3. The maximum atomic E-state index is 12.1. The molecule has 2 N–H and O–H groups in total. The Bertz CT molecular complexity index is 1730. The van der Waals surface area contributed by atoms with Crippen LogP contribution in [0.3, 0.4) is 0 Å². The third kappa shape index (κ3) is 5.57. The van der Waals surface area contributed by atoms with E-state index in [1.807, 2.05) is 55.1 Å². The van der Waals surface area contributed by atoms with Crippen molar-refractivity contribution in [3.8, 4) is 17.2 Å². The zero-order valence-electron chi connectivity index (χ0n) is 23.2. The average molecular weight is 612 g/mol. The number of aryl methyl sites for hydroxylation is 1. The fraction of sp³-hybridized carbons (Fsp3) is 0.241. The lowest BCUT2D eigenvalue weighted by molar-refractivity contribution is 0.412. The van der Waals surface area contributed by atoms with Crippen molar-refractivity contribution in [2.24, 2.45) is 0 Å². The van der Waals surface area contributed by atoms with Crippen molar-refractivity contribution in [2.45, 2.75) is 25.9 Å². The summed E-state index contributed by atoms with van der Waals surface area (Å²) in [5, 5.41) is 4.53. The van der Waals surface area contributed by atoms with Gasteiger partial charge in [0.2, 0.25) is 10.0 Å². The van der Waals surface area contributed by atoms with Gasteiger partial charge in [0, 0.05) is 28.3 Å². The van der Waals surface area contributed by atoms with Crippen LogP contribution in [0.5, 0.6) is 11.5 Å². The summed E-state index contributed by atoms with van der Waals surface area (Å²) in [5.74, 6) is 1.08. The number of rotatable bonds is 8. The van der Waals surface area contributed by atoms with Crippen molar-refractivity contribution in [3.63, 3.8) is 0 Å². The quantitative estimate of drug-likeness (QED) is 0.245. The number of hydrogen-bond acceptors (Lipinski definition) is 6. The van der Waals surface area contributed by atoms with E-state index in [1.54, 1.807) is 31.5 Å². The average Bonchev–Trinajstić information content (AvgIpc) is 3.42. The first-order valence-corrected chi connectivity index (χ1v) is 15.4. The normalized spacial score (nSPS) is 16.9. The SMILES string of the molecule is COc1ccc(N2C(=S)N[C@H](c3ccccn3)[C@H]2c2cc(C)n(-c3cc(Cl)ccc3OC)c2C)cc1NS(C)(=O)=O. The zero-order valence-corrected chi connectivity index (χ0v) is 25.6. The fourth-order valence-electron chi connectivity index (χ4n) is 5.37. The van der Waals surface area contributed by atoms with E-state index >= 15 is 0 Å². The molecule has 1 saturated heterocycles. The minimum absolute atomic E-state index is 0.299. The molecule has 2 aromatic carbocycles. The largest absolute Gasteiger partial charge is 0.495 e. The molecule has 0 amide bonds. The highest BCUT2D eigenvalue weighted by Crippen LogP contribution is 2.45. The number of methoxy groups -OCH3 is 2. The first-order chi connectivity index (χ1) is 19.5. The Balaban J connectivity index is 1.71. The minimum Gasteiger partial charge on any atom is -0.495 e. The second kappa shape index (κ2) is 11.2. The summed E-state index contributed by atoms with van der Waals surface area (Å²) in [6.07, 6.45) is 2.85. The Morgan fingerprint density at radius 1 is 1.02 bits per heavy atom. The first kappa shape index (κ1) is 28.7. The number of thiocarbonyl (C=S) groups is 1. The molecule has 0 bridgehead atoms. The van der Waals surface area contributed by atoms with Gasteiger partial charge in [-0.3, -0.25) is 9.71 Å². The number of aromatic nitrogens is 2. The van der Waals surface area contributed by atoms with E-state index in [9.17, 15) is 8.42 Å². The molecule has 0 spiro atoms. The highest BCUT2D eigenvalue weighted by molar-refractivity contribution is 7.92. The molecule has 9 nitrogen and oxygen atoms in total. The lowest BCUT2D eigenvalue weighted by atomic mass is 9.96. The van der Waals surface area contributed by atoms with Crippen molar-refractivity contribution in [1.29, 1.82) is 0 Å². The van der Waals surface area contributed by atoms with Crippen LogP contribution in [0.4, 0.5) is 11.4 Å². The third-order valence-electron chi connectivity index (χ3n) is 7.03. The molecule has 4 aromatic rings. The molecule has 5 rings (SSSR count). The summed E-state index contributed by atoms with van der Waals surface area (Å²) in [5.41, 5.74) is 5.57. The monoisotopic (exact) mass is 611 g/mol. The number of benzene rings is 2. The number of nitrogens with one attached hydrogen (secondary N) is 2. The molecule has 214 valence electrons. The van der Waals surface area contributed by atoms with Gasteiger partial charge in [0.1, 0.15) is 11.5 Å². The van der Waals surface area contributed by atoms with Crippen LogP contribution in [0.25, 0.3) is 5.69 Å². The number of anilines is 2. The van der Waals surface area contributed by atoms with Crippen LogP contribution in [-0.4, -0.2) is 43.6 Å². The Kier molecular flexibility index (Phi) is 7.87. The van der Waals surface area contributed by atoms with Crippen LogP contribution in [0.1, 0.15) is 34.7 Å². The van der Waals surface area contributed by atoms with Gasteiger partial charge < -0.3 is 24.3 Å². The molecule has 0 aliphatic carbocycles. The third-order valence-corrected chi connectivity index (χ3v) is 8.17. The summed E-state index contributed by atoms with van der Waals surface area (Å²) in [6.45, 7) is 4.07. The van der Waals surface area contributed by atoms with Gasteiger partial charge in [0.25, 0.3) is 0 Å². The topological polar surface area (TPSA) is 97.7 Å². The van der Waals surface area contributed by atoms with Gasteiger partial charge in [-0.05, 0) is 86.2 Å². The van der Waals surface area contributed by atoms with Crippen LogP contribution in [0.15, 0.2) is 66.9 Å². The van der Waals surface area contributed by atoms with Gasteiger partial charge in [-0.1, -0.05) is 17.7 Å². The van der Waals surface area contributed by atoms with E-state index in [0.29, 0.717) is 33.0 Å². The second-order valence-electron chi connectivity index (χ2n) is 9.73. The van der Waals surface area contributed by atoms with Crippen LogP contribution < -0.4 is 24.4 Å². The predicted octanol–water partition coefficient (Wildman–Crippen LogP) is 5.71. The Morgan fingerprint density at radius 3 is 2.41 bits per heavy atom. The first-order valence-electron chi connectivity index (χ1n) is 12.7. The number of ether oxygens (including phenoxy) is 2. The molecule has 2 aromatic heterocycles. The number of nitrogens with zero attached hydrogens (tertiary/aromatic N) is 3. The van der Waals surface area contributed by atoms with Crippen molar-refractivity contribution in [1.82, 2.24) is 14.9 Å². The van der Waals surface area contributed by atoms with Gasteiger partial charge in [-0.25, -0.2) is 8.42 Å². The molecular formula is C29H30ClN5O4S2. The molecule has 0 saturated carbocycles. The van der Waals surface area contributed by atoms with E-state index < -0.39 is 10.0 Å². The van der Waals surface area contributed by atoms with E-state index in [2.05, 4.69) is 25.7 Å². The molecule has 1 aliphatic heterocycles. The molecule has 12 heteroatoms. The number of pyridine rings is 1. The molecule has 41 heavy (non-hydrogen) atoms. The molecule has 3 heterocycles.